The Hall–Kier alpha value is -2.70. The number of nitrogens with two attached hydrogens (primary N) is 1. The van der Waals surface area contributed by atoms with Gasteiger partial charge in [0.1, 0.15) is 17.2 Å². The smallest absolute Gasteiger partial charge is 0.411 e. The summed E-state index contributed by atoms with van der Waals surface area (Å²) in [4.78, 5) is 26.4. The molecule has 0 aromatic carbocycles. The standard InChI is InChI=1S/C10H19N3O3.C10H16N2O2/c1-10(2,3)16-9(14)13-6-4-5-7(13)8(11)12-15;1-10(2,3)14-9(13)12-6-4-5-8(12)7-11/h7,15H,4-6H2,1-3H3,(H2,11,12);8H,4-6H2,1-3H3/t7-;8-/m00/s1. The Balaban J connectivity index is 0.000000303. The van der Waals surface area contributed by atoms with Crippen LogP contribution in [-0.4, -0.2) is 69.4 Å². The molecule has 0 saturated carbocycles. The summed E-state index contributed by atoms with van der Waals surface area (Å²) in [5, 5.41) is 20.3. The van der Waals surface area contributed by atoms with E-state index in [4.69, 9.17) is 25.7 Å². The van der Waals surface area contributed by atoms with E-state index in [0.29, 0.717) is 19.5 Å². The third-order valence-corrected chi connectivity index (χ3v) is 4.37. The molecule has 0 aromatic heterocycles. The molecule has 2 aliphatic heterocycles. The summed E-state index contributed by atoms with van der Waals surface area (Å²) in [6.07, 6.45) is 2.39. The molecule has 2 amide bonds. The number of amides is 2. The molecule has 30 heavy (non-hydrogen) atoms. The maximum absolute atomic E-state index is 11.8. The maximum atomic E-state index is 11.8. The van der Waals surface area contributed by atoms with E-state index in [1.165, 1.54) is 9.80 Å². The molecule has 10 nitrogen and oxygen atoms in total. The van der Waals surface area contributed by atoms with E-state index in [2.05, 4.69) is 11.2 Å². The van der Waals surface area contributed by atoms with Crippen LogP contribution in [0.1, 0.15) is 67.2 Å². The summed E-state index contributed by atoms with van der Waals surface area (Å²) < 4.78 is 10.4. The lowest BCUT2D eigenvalue weighted by Crippen LogP contribution is -2.45. The lowest BCUT2D eigenvalue weighted by atomic mass is 10.2. The molecule has 2 fully saturated rings. The largest absolute Gasteiger partial charge is 0.444 e. The molecule has 2 saturated heterocycles. The van der Waals surface area contributed by atoms with Gasteiger partial charge in [-0.05, 0) is 67.2 Å². The van der Waals surface area contributed by atoms with Crippen LogP contribution in [0, 0.1) is 11.3 Å². The topological polar surface area (TPSA) is 141 Å². The highest BCUT2D eigenvalue weighted by molar-refractivity contribution is 5.88. The zero-order valence-corrected chi connectivity index (χ0v) is 18.8. The minimum atomic E-state index is -0.532. The van der Waals surface area contributed by atoms with Crippen molar-refractivity contribution in [1.82, 2.24) is 9.80 Å². The number of amidine groups is 1. The average Bonchev–Trinajstić information content (AvgIpc) is 3.27. The van der Waals surface area contributed by atoms with Crippen LogP contribution < -0.4 is 5.73 Å². The molecular formula is C20H35N5O5. The highest BCUT2D eigenvalue weighted by Crippen LogP contribution is 2.21. The molecule has 2 atom stereocenters. The van der Waals surface area contributed by atoms with Crippen molar-refractivity contribution in [3.63, 3.8) is 0 Å². The van der Waals surface area contributed by atoms with Gasteiger partial charge < -0.3 is 20.4 Å². The first kappa shape index (κ1) is 25.3. The Labute approximate surface area is 178 Å². The minimum absolute atomic E-state index is 0.0587. The van der Waals surface area contributed by atoms with Crippen LogP contribution in [0.3, 0.4) is 0 Å². The van der Waals surface area contributed by atoms with E-state index < -0.39 is 17.3 Å². The highest BCUT2D eigenvalue weighted by atomic mass is 16.6. The molecule has 0 unspecified atom stereocenters. The molecule has 0 aliphatic carbocycles. The number of oxime groups is 1. The van der Waals surface area contributed by atoms with Crippen LogP contribution in [0.4, 0.5) is 9.59 Å². The Morgan fingerprint density at radius 2 is 1.47 bits per heavy atom. The van der Waals surface area contributed by atoms with Crippen LogP contribution >= 0.6 is 0 Å². The lowest BCUT2D eigenvalue weighted by Gasteiger charge is -2.27. The summed E-state index contributed by atoms with van der Waals surface area (Å²) in [5.41, 5.74) is 4.50. The van der Waals surface area contributed by atoms with E-state index in [-0.39, 0.29) is 24.0 Å². The molecule has 2 rings (SSSR count). The first-order valence-electron chi connectivity index (χ1n) is 10.2. The molecule has 0 aromatic rings. The SMILES string of the molecule is CC(C)(C)OC(=O)N1CCC[C@H]1/C(N)=N/O.CC(C)(C)OC(=O)N1CCC[C@H]1C#N. The predicted octanol–water partition coefficient (Wildman–Crippen LogP) is 3.04. The van der Waals surface area contributed by atoms with Crippen LogP contribution in [0.15, 0.2) is 5.16 Å². The predicted molar refractivity (Wildman–Crippen MR) is 111 cm³/mol. The minimum Gasteiger partial charge on any atom is -0.444 e. The van der Waals surface area contributed by atoms with E-state index in [0.717, 1.165) is 19.3 Å². The van der Waals surface area contributed by atoms with Gasteiger partial charge in [0, 0.05) is 13.1 Å². The van der Waals surface area contributed by atoms with Crippen molar-refractivity contribution < 1.29 is 24.3 Å². The number of likely N-dealkylation sites (tertiary alicyclic amines) is 2. The van der Waals surface area contributed by atoms with Gasteiger partial charge in [-0.25, -0.2) is 9.59 Å². The van der Waals surface area contributed by atoms with E-state index in [1.54, 1.807) is 20.8 Å². The number of hydrogen-bond donors (Lipinski definition) is 2. The number of nitrogens with zero attached hydrogens (tertiary/aromatic N) is 4. The van der Waals surface area contributed by atoms with Gasteiger partial charge in [-0.3, -0.25) is 9.80 Å². The fraction of sp³-hybridized carbons (Fsp3) is 0.800. The van der Waals surface area contributed by atoms with Crippen molar-refractivity contribution in [2.45, 2.75) is 90.5 Å². The van der Waals surface area contributed by atoms with Gasteiger partial charge >= 0.3 is 12.2 Å². The van der Waals surface area contributed by atoms with Crippen LogP contribution in [-0.2, 0) is 9.47 Å². The summed E-state index contributed by atoms with van der Waals surface area (Å²) in [6.45, 7) is 12.1. The van der Waals surface area contributed by atoms with Crippen LogP contribution in [0.2, 0.25) is 0 Å². The summed E-state index contributed by atoms with van der Waals surface area (Å²) in [5.74, 6) is 0.0587. The van der Waals surface area contributed by atoms with Gasteiger partial charge in [0.15, 0.2) is 5.84 Å². The summed E-state index contributed by atoms with van der Waals surface area (Å²) in [6, 6.07) is 1.46. The highest BCUT2D eigenvalue weighted by Gasteiger charge is 2.34. The zero-order chi connectivity index (χ0) is 23.1. The van der Waals surface area contributed by atoms with Crippen molar-refractivity contribution in [2.75, 3.05) is 13.1 Å². The molecule has 170 valence electrons. The van der Waals surface area contributed by atoms with Crippen molar-refractivity contribution in [3.8, 4) is 6.07 Å². The third-order valence-electron chi connectivity index (χ3n) is 4.37. The first-order valence-corrected chi connectivity index (χ1v) is 10.2. The average molecular weight is 426 g/mol. The normalized spacial score (nSPS) is 22.1. The van der Waals surface area contributed by atoms with Gasteiger partial charge in [-0.15, -0.1) is 0 Å². The third kappa shape index (κ3) is 7.97. The lowest BCUT2D eigenvalue weighted by molar-refractivity contribution is 0.0251. The Bertz CT molecular complexity index is 675. The van der Waals surface area contributed by atoms with E-state index in [1.807, 2.05) is 20.8 Å². The van der Waals surface area contributed by atoms with Gasteiger partial charge in [0.05, 0.1) is 12.1 Å². The molecule has 10 heteroatoms. The second-order valence-electron chi connectivity index (χ2n) is 9.32. The molecule has 0 spiro atoms. The second kappa shape index (κ2) is 10.4. The zero-order valence-electron chi connectivity index (χ0n) is 18.8. The van der Waals surface area contributed by atoms with Gasteiger partial charge in [0.2, 0.25) is 0 Å². The fourth-order valence-electron chi connectivity index (χ4n) is 3.12. The number of carbonyl (C=O) groups excluding carboxylic acids is 2. The first-order chi connectivity index (χ1) is 13.8. The van der Waals surface area contributed by atoms with E-state index in [9.17, 15) is 9.59 Å². The summed E-state index contributed by atoms with van der Waals surface area (Å²) >= 11 is 0. The number of carbonyl (C=O) groups is 2. The number of nitriles is 1. The Morgan fingerprint density at radius 1 is 1.00 bits per heavy atom. The second-order valence-corrected chi connectivity index (χ2v) is 9.32. The Kier molecular flexibility index (Phi) is 8.75. The monoisotopic (exact) mass is 425 g/mol. The quantitative estimate of drug-likeness (QED) is 0.284. The Morgan fingerprint density at radius 3 is 1.93 bits per heavy atom. The van der Waals surface area contributed by atoms with Crippen molar-refractivity contribution >= 4 is 18.0 Å². The number of rotatable bonds is 1. The molecule has 2 heterocycles. The van der Waals surface area contributed by atoms with E-state index >= 15 is 0 Å². The van der Waals surface area contributed by atoms with Crippen molar-refractivity contribution in [2.24, 2.45) is 10.9 Å². The molecular weight excluding hydrogens is 390 g/mol. The summed E-state index contributed by atoms with van der Waals surface area (Å²) in [7, 11) is 0. The molecule has 0 radical (unpaired) electrons. The van der Waals surface area contributed by atoms with Gasteiger partial charge in [-0.1, -0.05) is 5.16 Å². The van der Waals surface area contributed by atoms with Gasteiger partial charge in [0.25, 0.3) is 0 Å². The van der Waals surface area contributed by atoms with Crippen LogP contribution in [0.25, 0.3) is 0 Å². The van der Waals surface area contributed by atoms with Crippen molar-refractivity contribution in [1.29, 1.82) is 5.26 Å². The molecule has 0 bridgehead atoms. The number of ether oxygens (including phenoxy) is 2. The number of hydrogen-bond acceptors (Lipinski definition) is 7. The fourth-order valence-corrected chi connectivity index (χ4v) is 3.12. The maximum Gasteiger partial charge on any atom is 0.411 e. The van der Waals surface area contributed by atoms with Crippen LogP contribution in [0.5, 0.6) is 0 Å². The van der Waals surface area contributed by atoms with Gasteiger partial charge in [-0.2, -0.15) is 5.26 Å². The molecule has 2 aliphatic rings. The van der Waals surface area contributed by atoms with Crippen molar-refractivity contribution in [3.05, 3.63) is 0 Å². The molecule has 3 N–H and O–H groups in total.